The van der Waals surface area contributed by atoms with Crippen molar-refractivity contribution in [2.75, 3.05) is 13.1 Å². The SMILES string of the molecule is FC(F)Oc1ccc(C2=NN3C(C2)c2ccccc2OC32CCN(Cc3ccccc3)CC2)cc1. The first-order valence-electron chi connectivity index (χ1n) is 12.1. The second-order valence-corrected chi connectivity index (χ2v) is 9.36. The van der Waals surface area contributed by atoms with Crippen LogP contribution in [-0.2, 0) is 6.54 Å². The molecule has 3 aliphatic heterocycles. The number of nitrogens with zero attached hydrogens (tertiary/aromatic N) is 3. The Labute approximate surface area is 203 Å². The maximum absolute atomic E-state index is 12.5. The Balaban J connectivity index is 1.26. The zero-order valence-electron chi connectivity index (χ0n) is 19.3. The molecule has 1 unspecified atom stereocenters. The van der Waals surface area contributed by atoms with Gasteiger partial charge < -0.3 is 9.47 Å². The summed E-state index contributed by atoms with van der Waals surface area (Å²) in [5.41, 5.74) is 3.81. The molecule has 0 aromatic heterocycles. The Kier molecular flexibility index (Phi) is 5.65. The standard InChI is InChI=1S/C28H27F2N3O2/c29-27(30)34-22-12-10-21(11-13-22)24-18-25-23-8-4-5-9-26(23)35-28(33(25)31-24)14-16-32(17-15-28)19-20-6-2-1-3-7-20/h1-13,25,27H,14-19H2. The monoisotopic (exact) mass is 475 g/mol. The van der Waals surface area contributed by atoms with Gasteiger partial charge in [-0.3, -0.25) is 4.90 Å². The molecule has 1 saturated heterocycles. The summed E-state index contributed by atoms with van der Waals surface area (Å²) in [6, 6.07) is 25.6. The highest BCUT2D eigenvalue weighted by atomic mass is 19.3. The molecule has 3 aromatic rings. The van der Waals surface area contributed by atoms with Crippen LogP contribution < -0.4 is 9.47 Å². The summed E-state index contributed by atoms with van der Waals surface area (Å²) in [5, 5.41) is 7.25. The molecule has 3 heterocycles. The number of alkyl halides is 2. The van der Waals surface area contributed by atoms with E-state index in [1.807, 2.05) is 18.2 Å². The van der Waals surface area contributed by atoms with Crippen LogP contribution in [0.2, 0.25) is 0 Å². The van der Waals surface area contributed by atoms with E-state index in [1.165, 1.54) is 5.56 Å². The Morgan fingerprint density at radius 3 is 2.40 bits per heavy atom. The fourth-order valence-corrected chi connectivity index (χ4v) is 5.46. The summed E-state index contributed by atoms with van der Waals surface area (Å²) in [4.78, 5) is 2.47. The van der Waals surface area contributed by atoms with Gasteiger partial charge in [-0.05, 0) is 41.5 Å². The zero-order chi connectivity index (χ0) is 23.8. The number of hydrogen-bond acceptors (Lipinski definition) is 5. The lowest BCUT2D eigenvalue weighted by Crippen LogP contribution is -2.59. The third kappa shape index (κ3) is 4.25. The van der Waals surface area contributed by atoms with Gasteiger partial charge in [0.05, 0.1) is 11.8 Å². The van der Waals surface area contributed by atoms with Crippen LogP contribution in [0, 0.1) is 0 Å². The first kappa shape index (κ1) is 22.0. The van der Waals surface area contributed by atoms with E-state index in [4.69, 9.17) is 9.84 Å². The molecule has 0 saturated carbocycles. The molecule has 35 heavy (non-hydrogen) atoms. The average molecular weight is 476 g/mol. The molecule has 7 heteroatoms. The van der Waals surface area contributed by atoms with Gasteiger partial charge in [0.1, 0.15) is 11.5 Å². The molecular formula is C28H27F2N3O2. The van der Waals surface area contributed by atoms with Gasteiger partial charge in [-0.1, -0.05) is 48.5 Å². The third-order valence-corrected chi connectivity index (χ3v) is 7.20. The highest BCUT2D eigenvalue weighted by molar-refractivity contribution is 6.02. The van der Waals surface area contributed by atoms with Gasteiger partial charge in [0.2, 0.25) is 5.72 Å². The van der Waals surface area contributed by atoms with Crippen molar-refractivity contribution in [3.8, 4) is 11.5 Å². The molecule has 0 amide bonds. The van der Waals surface area contributed by atoms with Crippen molar-refractivity contribution in [2.24, 2.45) is 5.10 Å². The van der Waals surface area contributed by atoms with Gasteiger partial charge in [-0.2, -0.15) is 13.9 Å². The Morgan fingerprint density at radius 1 is 0.943 bits per heavy atom. The van der Waals surface area contributed by atoms with Crippen LogP contribution in [0.25, 0.3) is 0 Å². The topological polar surface area (TPSA) is 37.3 Å². The molecule has 180 valence electrons. The van der Waals surface area contributed by atoms with Crippen LogP contribution in [0.3, 0.4) is 0 Å². The van der Waals surface area contributed by atoms with E-state index in [0.717, 1.165) is 61.5 Å². The van der Waals surface area contributed by atoms with Crippen LogP contribution in [0.1, 0.15) is 42.0 Å². The molecule has 0 bridgehead atoms. The Morgan fingerprint density at radius 2 is 1.66 bits per heavy atom. The Hall–Kier alpha value is -3.45. The van der Waals surface area contributed by atoms with E-state index < -0.39 is 12.3 Å². The third-order valence-electron chi connectivity index (χ3n) is 7.20. The van der Waals surface area contributed by atoms with E-state index in [-0.39, 0.29) is 11.8 Å². The molecule has 3 aromatic carbocycles. The minimum absolute atomic E-state index is 0.0904. The molecule has 5 nitrogen and oxygen atoms in total. The summed E-state index contributed by atoms with van der Waals surface area (Å²) in [5.74, 6) is 1.08. The van der Waals surface area contributed by atoms with Crippen LogP contribution in [-0.4, -0.2) is 41.0 Å². The molecular weight excluding hydrogens is 448 g/mol. The lowest BCUT2D eigenvalue weighted by atomic mass is 9.90. The summed E-state index contributed by atoms with van der Waals surface area (Å²) in [7, 11) is 0. The van der Waals surface area contributed by atoms with Crippen LogP contribution in [0.5, 0.6) is 11.5 Å². The number of likely N-dealkylation sites (tertiary alicyclic amines) is 1. The number of halogens is 2. The van der Waals surface area contributed by atoms with Gasteiger partial charge >= 0.3 is 6.61 Å². The molecule has 1 atom stereocenters. The minimum Gasteiger partial charge on any atom is -0.466 e. The van der Waals surface area contributed by atoms with Crippen molar-refractivity contribution >= 4 is 5.71 Å². The second kappa shape index (κ2) is 8.96. The predicted octanol–water partition coefficient (Wildman–Crippen LogP) is 5.82. The normalized spacial score (nSPS) is 20.8. The van der Waals surface area contributed by atoms with E-state index in [9.17, 15) is 8.78 Å². The maximum atomic E-state index is 12.5. The minimum atomic E-state index is -2.83. The van der Waals surface area contributed by atoms with Gasteiger partial charge in [-0.15, -0.1) is 0 Å². The van der Waals surface area contributed by atoms with Gasteiger partial charge in [0, 0.05) is 44.5 Å². The van der Waals surface area contributed by atoms with E-state index in [2.05, 4.69) is 51.0 Å². The molecule has 3 aliphatic rings. The Bertz CT molecular complexity index is 1210. The number of benzene rings is 3. The predicted molar refractivity (Wildman–Crippen MR) is 130 cm³/mol. The quantitative estimate of drug-likeness (QED) is 0.466. The summed E-state index contributed by atoms with van der Waals surface area (Å²) < 4.78 is 36.3. The molecule has 6 rings (SSSR count). The number of piperidine rings is 1. The lowest BCUT2D eigenvalue weighted by molar-refractivity contribution is -0.150. The number of hydrogen-bond donors (Lipinski definition) is 0. The zero-order valence-corrected chi connectivity index (χ0v) is 19.3. The van der Waals surface area contributed by atoms with E-state index >= 15 is 0 Å². The first-order valence-corrected chi connectivity index (χ1v) is 12.1. The summed E-state index contributed by atoms with van der Waals surface area (Å²) in [6.45, 7) is -0.0615. The van der Waals surface area contributed by atoms with E-state index in [1.54, 1.807) is 24.3 Å². The van der Waals surface area contributed by atoms with Crippen molar-refractivity contribution in [2.45, 2.75) is 44.2 Å². The summed E-state index contributed by atoms with van der Waals surface area (Å²) in [6.07, 6.45) is 2.44. The molecule has 0 aliphatic carbocycles. The largest absolute Gasteiger partial charge is 0.466 e. The molecule has 1 fully saturated rings. The van der Waals surface area contributed by atoms with Gasteiger partial charge in [0.25, 0.3) is 0 Å². The number of para-hydroxylation sites is 1. The van der Waals surface area contributed by atoms with Crippen molar-refractivity contribution < 1.29 is 18.3 Å². The van der Waals surface area contributed by atoms with Crippen LogP contribution in [0.15, 0.2) is 84.0 Å². The molecule has 0 radical (unpaired) electrons. The second-order valence-electron chi connectivity index (χ2n) is 9.36. The highest BCUT2D eigenvalue weighted by Crippen LogP contribution is 2.50. The lowest BCUT2D eigenvalue weighted by Gasteiger charge is -2.51. The molecule has 0 N–H and O–H groups in total. The number of hydrazone groups is 1. The van der Waals surface area contributed by atoms with Gasteiger partial charge in [-0.25, -0.2) is 5.01 Å². The number of fused-ring (bicyclic) bond motifs is 4. The van der Waals surface area contributed by atoms with Crippen molar-refractivity contribution in [1.29, 1.82) is 0 Å². The fraction of sp³-hybridized carbons (Fsp3) is 0.321. The number of rotatable bonds is 5. The number of ether oxygens (including phenoxy) is 2. The maximum Gasteiger partial charge on any atom is 0.387 e. The smallest absolute Gasteiger partial charge is 0.387 e. The molecule has 1 spiro atoms. The average Bonchev–Trinajstić information content (AvgIpc) is 3.33. The van der Waals surface area contributed by atoms with Crippen LogP contribution in [0.4, 0.5) is 8.78 Å². The fourth-order valence-electron chi connectivity index (χ4n) is 5.46. The van der Waals surface area contributed by atoms with E-state index in [0.29, 0.717) is 0 Å². The van der Waals surface area contributed by atoms with Crippen molar-refractivity contribution in [3.05, 3.63) is 95.6 Å². The van der Waals surface area contributed by atoms with Gasteiger partial charge in [0.15, 0.2) is 0 Å². The van der Waals surface area contributed by atoms with Crippen molar-refractivity contribution in [3.63, 3.8) is 0 Å². The van der Waals surface area contributed by atoms with Crippen molar-refractivity contribution in [1.82, 2.24) is 9.91 Å². The summed E-state index contributed by atoms with van der Waals surface area (Å²) >= 11 is 0. The highest BCUT2D eigenvalue weighted by Gasteiger charge is 2.51. The van der Waals surface area contributed by atoms with Crippen LogP contribution >= 0.6 is 0 Å². The first-order chi connectivity index (χ1) is 17.1.